The van der Waals surface area contributed by atoms with Gasteiger partial charge in [-0.15, -0.1) is 0 Å². The summed E-state index contributed by atoms with van der Waals surface area (Å²) in [6.07, 6.45) is 0.151. The second-order valence-electron chi connectivity index (χ2n) is 4.59. The number of morpholine rings is 1. The van der Waals surface area contributed by atoms with Gasteiger partial charge in [0.05, 0.1) is 12.2 Å². The van der Waals surface area contributed by atoms with Crippen molar-refractivity contribution in [2.75, 3.05) is 31.9 Å². The minimum Gasteiger partial charge on any atom is -0.372 e. The molecule has 2 rings (SSSR count). The Morgan fingerprint density at radius 2 is 2.06 bits per heavy atom. The molecule has 0 radical (unpaired) electrons. The Labute approximate surface area is 105 Å². The third-order valence-electron chi connectivity index (χ3n) is 2.94. The normalized spacial score (nSPS) is 29.9. The Hall–Kier alpha value is -0.750. The maximum Gasteiger partial charge on any atom is 0.282 e. The molecule has 0 bridgehead atoms. The van der Waals surface area contributed by atoms with E-state index in [1.54, 1.807) is 9.80 Å². The van der Waals surface area contributed by atoms with Crippen molar-refractivity contribution >= 4 is 22.9 Å². The van der Waals surface area contributed by atoms with E-state index in [1.807, 2.05) is 13.8 Å². The molecule has 0 aromatic heterocycles. The van der Waals surface area contributed by atoms with Gasteiger partial charge in [0.25, 0.3) is 5.24 Å². The standard InChI is InChI=1S/C11H18N2O3S/c1-8-5-13(6-9(2)16-8)10(14)7-12-3-4-17-11(12)15/h8-9H,3-7H2,1-2H3/t8-,9-/m1/s1. The molecule has 6 heteroatoms. The average Bonchev–Trinajstić information content (AvgIpc) is 2.63. The fraction of sp³-hybridized carbons (Fsp3) is 0.818. The zero-order valence-electron chi connectivity index (χ0n) is 10.2. The number of nitrogens with zero attached hydrogens (tertiary/aromatic N) is 2. The van der Waals surface area contributed by atoms with Crippen LogP contribution >= 0.6 is 11.8 Å². The molecule has 0 spiro atoms. The molecule has 2 heterocycles. The van der Waals surface area contributed by atoms with E-state index in [9.17, 15) is 9.59 Å². The van der Waals surface area contributed by atoms with Crippen LogP contribution in [0.4, 0.5) is 4.79 Å². The van der Waals surface area contributed by atoms with Crippen molar-refractivity contribution < 1.29 is 14.3 Å². The van der Waals surface area contributed by atoms with Gasteiger partial charge in [0, 0.05) is 25.4 Å². The van der Waals surface area contributed by atoms with Gasteiger partial charge in [-0.25, -0.2) is 0 Å². The van der Waals surface area contributed by atoms with Crippen LogP contribution in [0.3, 0.4) is 0 Å². The lowest BCUT2D eigenvalue weighted by molar-refractivity contribution is -0.143. The molecular formula is C11H18N2O3S. The molecule has 0 aromatic carbocycles. The van der Waals surface area contributed by atoms with Gasteiger partial charge in [0.2, 0.25) is 5.91 Å². The lowest BCUT2D eigenvalue weighted by Gasteiger charge is -2.36. The van der Waals surface area contributed by atoms with Gasteiger partial charge in [-0.05, 0) is 13.8 Å². The predicted molar refractivity (Wildman–Crippen MR) is 66.0 cm³/mol. The number of amides is 2. The monoisotopic (exact) mass is 258 g/mol. The van der Waals surface area contributed by atoms with E-state index in [-0.39, 0.29) is 29.9 Å². The molecule has 17 heavy (non-hydrogen) atoms. The summed E-state index contributed by atoms with van der Waals surface area (Å²) in [7, 11) is 0. The third-order valence-corrected chi connectivity index (χ3v) is 3.84. The van der Waals surface area contributed by atoms with E-state index < -0.39 is 0 Å². The average molecular weight is 258 g/mol. The lowest BCUT2D eigenvalue weighted by atomic mass is 10.2. The molecule has 2 saturated heterocycles. The summed E-state index contributed by atoms with van der Waals surface area (Å²) < 4.78 is 5.58. The summed E-state index contributed by atoms with van der Waals surface area (Å²) in [6, 6.07) is 0. The highest BCUT2D eigenvalue weighted by Gasteiger charge is 2.29. The Kier molecular flexibility index (Phi) is 3.93. The maximum atomic E-state index is 12.1. The smallest absolute Gasteiger partial charge is 0.282 e. The minimum absolute atomic E-state index is 0.0210. The largest absolute Gasteiger partial charge is 0.372 e. The number of thioether (sulfide) groups is 1. The Morgan fingerprint density at radius 3 is 2.59 bits per heavy atom. The van der Waals surface area contributed by atoms with Gasteiger partial charge >= 0.3 is 0 Å². The van der Waals surface area contributed by atoms with Crippen molar-refractivity contribution in [2.45, 2.75) is 26.1 Å². The van der Waals surface area contributed by atoms with Crippen LogP contribution in [0, 0.1) is 0 Å². The Morgan fingerprint density at radius 1 is 1.41 bits per heavy atom. The van der Waals surface area contributed by atoms with Crippen LogP contribution in [0.15, 0.2) is 0 Å². The number of carbonyl (C=O) groups excluding carboxylic acids is 2. The highest BCUT2D eigenvalue weighted by atomic mass is 32.2. The van der Waals surface area contributed by atoms with Gasteiger partial charge in [0.1, 0.15) is 6.54 Å². The van der Waals surface area contributed by atoms with E-state index in [0.29, 0.717) is 19.6 Å². The van der Waals surface area contributed by atoms with E-state index in [4.69, 9.17) is 4.74 Å². The van der Waals surface area contributed by atoms with E-state index in [1.165, 1.54) is 11.8 Å². The zero-order valence-corrected chi connectivity index (χ0v) is 11.0. The van der Waals surface area contributed by atoms with E-state index in [0.717, 1.165) is 5.75 Å². The molecule has 2 atom stereocenters. The second kappa shape index (κ2) is 5.27. The van der Waals surface area contributed by atoms with Gasteiger partial charge in [-0.3, -0.25) is 9.59 Å². The lowest BCUT2D eigenvalue weighted by Crippen LogP contribution is -2.51. The first kappa shape index (κ1) is 12.7. The summed E-state index contributed by atoms with van der Waals surface area (Å²) in [6.45, 7) is 6.08. The van der Waals surface area contributed by atoms with Crippen LogP contribution in [0.25, 0.3) is 0 Å². The number of ether oxygens (including phenoxy) is 1. The zero-order chi connectivity index (χ0) is 12.4. The van der Waals surface area contributed by atoms with Gasteiger partial charge in [-0.2, -0.15) is 0 Å². The van der Waals surface area contributed by atoms with Gasteiger partial charge in [0.15, 0.2) is 0 Å². The quantitative estimate of drug-likeness (QED) is 0.735. The maximum absolute atomic E-state index is 12.1. The van der Waals surface area contributed by atoms with E-state index in [2.05, 4.69) is 0 Å². The molecule has 2 fully saturated rings. The molecule has 2 aliphatic rings. The molecular weight excluding hydrogens is 240 g/mol. The first-order chi connectivity index (χ1) is 8.06. The fourth-order valence-electron chi connectivity index (χ4n) is 2.21. The van der Waals surface area contributed by atoms with Crippen molar-refractivity contribution in [3.8, 4) is 0 Å². The second-order valence-corrected chi connectivity index (χ2v) is 5.64. The predicted octanol–water partition coefficient (Wildman–Crippen LogP) is 0.791. The summed E-state index contributed by atoms with van der Waals surface area (Å²) in [5, 5.41) is 0.0210. The highest BCUT2D eigenvalue weighted by molar-refractivity contribution is 8.13. The topological polar surface area (TPSA) is 49.9 Å². The van der Waals surface area contributed by atoms with Crippen LogP contribution in [0.2, 0.25) is 0 Å². The summed E-state index contributed by atoms with van der Waals surface area (Å²) in [5.41, 5.74) is 0. The van der Waals surface area contributed by atoms with Crippen molar-refractivity contribution in [1.29, 1.82) is 0 Å². The minimum atomic E-state index is 0.0210. The van der Waals surface area contributed by atoms with Crippen molar-refractivity contribution in [2.24, 2.45) is 0 Å². The molecule has 5 nitrogen and oxygen atoms in total. The molecule has 0 N–H and O–H groups in total. The molecule has 0 aliphatic carbocycles. The van der Waals surface area contributed by atoms with Gasteiger partial charge in [-0.1, -0.05) is 11.8 Å². The van der Waals surface area contributed by atoms with Crippen LogP contribution in [-0.4, -0.2) is 65.1 Å². The molecule has 0 unspecified atom stereocenters. The van der Waals surface area contributed by atoms with Crippen LogP contribution in [0.5, 0.6) is 0 Å². The highest BCUT2D eigenvalue weighted by Crippen LogP contribution is 2.18. The molecule has 0 aromatic rings. The van der Waals surface area contributed by atoms with Crippen LogP contribution in [0.1, 0.15) is 13.8 Å². The third kappa shape index (κ3) is 3.13. The first-order valence-electron chi connectivity index (χ1n) is 5.91. The number of carbonyl (C=O) groups is 2. The number of hydrogen-bond donors (Lipinski definition) is 0. The number of rotatable bonds is 2. The Balaban J connectivity index is 1.88. The van der Waals surface area contributed by atoms with Crippen molar-refractivity contribution in [3.05, 3.63) is 0 Å². The number of hydrogen-bond acceptors (Lipinski definition) is 4. The van der Waals surface area contributed by atoms with E-state index >= 15 is 0 Å². The summed E-state index contributed by atoms with van der Waals surface area (Å²) in [4.78, 5) is 26.9. The molecule has 96 valence electrons. The summed E-state index contributed by atoms with van der Waals surface area (Å²) >= 11 is 1.29. The van der Waals surface area contributed by atoms with Crippen LogP contribution in [-0.2, 0) is 9.53 Å². The molecule has 2 aliphatic heterocycles. The molecule has 0 saturated carbocycles. The summed E-state index contributed by atoms with van der Waals surface area (Å²) in [5.74, 6) is 0.824. The van der Waals surface area contributed by atoms with Gasteiger partial charge < -0.3 is 14.5 Å². The SMILES string of the molecule is C[C@@H]1CN(C(=O)CN2CCSC2=O)C[C@@H](C)O1. The van der Waals surface area contributed by atoms with Crippen molar-refractivity contribution in [3.63, 3.8) is 0 Å². The Bertz CT molecular complexity index is 314. The molecule has 2 amide bonds. The van der Waals surface area contributed by atoms with Crippen molar-refractivity contribution in [1.82, 2.24) is 9.80 Å². The fourth-order valence-corrected chi connectivity index (χ4v) is 3.04. The van der Waals surface area contributed by atoms with Crippen LogP contribution < -0.4 is 0 Å². The first-order valence-corrected chi connectivity index (χ1v) is 6.89.